The lowest BCUT2D eigenvalue weighted by atomic mass is 10.0. The predicted octanol–water partition coefficient (Wildman–Crippen LogP) is 1.88. The van der Waals surface area contributed by atoms with Gasteiger partial charge in [0.25, 0.3) is 0 Å². The molecule has 5 nitrogen and oxygen atoms in total. The number of aryl methyl sites for hydroxylation is 2. The molecule has 116 valence electrons. The van der Waals surface area contributed by atoms with Gasteiger partial charge in [0.05, 0.1) is 17.8 Å². The molecule has 0 saturated carbocycles. The zero-order valence-corrected chi connectivity index (χ0v) is 13.7. The number of anilines is 1. The zero-order valence-electron chi connectivity index (χ0n) is 12.9. The molecular formula is C16H20N4OS. The van der Waals surface area contributed by atoms with Gasteiger partial charge in [-0.3, -0.25) is 14.4 Å². The van der Waals surface area contributed by atoms with Crippen LogP contribution in [0.15, 0.2) is 24.5 Å². The highest BCUT2D eigenvalue weighted by Crippen LogP contribution is 2.35. The van der Waals surface area contributed by atoms with Crippen LogP contribution in [-0.4, -0.2) is 40.2 Å². The molecule has 2 aromatic heterocycles. The minimum absolute atomic E-state index is 0.154. The summed E-state index contributed by atoms with van der Waals surface area (Å²) in [5.74, 6) is 0.873. The van der Waals surface area contributed by atoms with Crippen molar-refractivity contribution < 1.29 is 4.79 Å². The van der Waals surface area contributed by atoms with E-state index in [-0.39, 0.29) is 11.8 Å². The van der Waals surface area contributed by atoms with E-state index in [2.05, 4.69) is 29.1 Å². The number of amides is 1. The fraction of sp³-hybridized carbons (Fsp3) is 0.500. The minimum atomic E-state index is 0.154. The number of fused-ring (bicyclic) bond motifs is 1. The number of carbonyl (C=O) groups is 1. The van der Waals surface area contributed by atoms with Crippen LogP contribution in [0.1, 0.15) is 9.75 Å². The number of carbonyl (C=O) groups excluding carboxylic acids is 1. The summed E-state index contributed by atoms with van der Waals surface area (Å²) in [6.45, 7) is 5.85. The number of thiophene rings is 1. The summed E-state index contributed by atoms with van der Waals surface area (Å²) in [4.78, 5) is 19.8. The second kappa shape index (κ2) is 5.21. The number of likely N-dealkylation sites (tertiary alicyclic amines) is 1. The Morgan fingerprint density at radius 1 is 1.32 bits per heavy atom. The molecule has 0 aromatic carbocycles. The highest BCUT2D eigenvalue weighted by atomic mass is 32.1. The van der Waals surface area contributed by atoms with Gasteiger partial charge in [0, 0.05) is 55.1 Å². The maximum absolute atomic E-state index is 12.7. The van der Waals surface area contributed by atoms with Crippen molar-refractivity contribution in [1.82, 2.24) is 14.7 Å². The van der Waals surface area contributed by atoms with Gasteiger partial charge in [-0.2, -0.15) is 5.10 Å². The predicted molar refractivity (Wildman–Crippen MR) is 86.9 cm³/mol. The molecule has 0 aliphatic carbocycles. The summed E-state index contributed by atoms with van der Waals surface area (Å²) in [5.41, 5.74) is 0.933. The number of aromatic nitrogens is 2. The third-order valence-electron chi connectivity index (χ3n) is 4.70. The molecule has 0 unspecified atom stereocenters. The minimum Gasteiger partial charge on any atom is -0.309 e. The van der Waals surface area contributed by atoms with Crippen molar-refractivity contribution in [2.75, 3.05) is 24.5 Å². The first-order chi connectivity index (χ1) is 10.6. The maximum Gasteiger partial charge on any atom is 0.231 e. The average Bonchev–Trinajstić information content (AvgIpc) is 3.20. The van der Waals surface area contributed by atoms with Crippen molar-refractivity contribution in [1.29, 1.82) is 0 Å². The molecule has 2 saturated heterocycles. The van der Waals surface area contributed by atoms with Crippen LogP contribution in [0.3, 0.4) is 0 Å². The van der Waals surface area contributed by atoms with Crippen LogP contribution in [0.5, 0.6) is 0 Å². The highest BCUT2D eigenvalue weighted by Gasteiger charge is 2.46. The lowest BCUT2D eigenvalue weighted by molar-refractivity contribution is -0.120. The molecule has 4 rings (SSSR count). The van der Waals surface area contributed by atoms with Gasteiger partial charge in [0.1, 0.15) is 0 Å². The SMILES string of the molecule is Cc1ccc(CN2C[C@H]3CN(c4cnn(C)c4)C(=O)[C@H]3C2)s1. The van der Waals surface area contributed by atoms with E-state index in [1.165, 1.54) is 9.75 Å². The topological polar surface area (TPSA) is 41.4 Å². The van der Waals surface area contributed by atoms with E-state index in [9.17, 15) is 4.79 Å². The molecule has 6 heteroatoms. The third kappa shape index (κ3) is 2.36. The fourth-order valence-electron chi connectivity index (χ4n) is 3.65. The summed E-state index contributed by atoms with van der Waals surface area (Å²) < 4.78 is 1.75. The summed E-state index contributed by atoms with van der Waals surface area (Å²) >= 11 is 1.86. The Morgan fingerprint density at radius 2 is 2.18 bits per heavy atom. The van der Waals surface area contributed by atoms with Crippen LogP contribution in [-0.2, 0) is 18.4 Å². The molecule has 2 aliphatic rings. The standard InChI is InChI=1S/C16H20N4OS/c1-11-3-4-14(22-11)9-19-6-12-7-20(16(21)15(12)10-19)13-5-17-18(2)8-13/h3-5,8,12,15H,6-7,9-10H2,1-2H3/t12-,15-/m0/s1. The van der Waals surface area contributed by atoms with Crippen LogP contribution < -0.4 is 4.90 Å². The van der Waals surface area contributed by atoms with E-state index in [1.54, 1.807) is 10.9 Å². The number of rotatable bonds is 3. The van der Waals surface area contributed by atoms with Crippen LogP contribution in [0.4, 0.5) is 5.69 Å². The van der Waals surface area contributed by atoms with Gasteiger partial charge in [0.2, 0.25) is 5.91 Å². The van der Waals surface area contributed by atoms with Gasteiger partial charge in [-0.15, -0.1) is 11.3 Å². The lowest BCUT2D eigenvalue weighted by Gasteiger charge is -2.20. The summed E-state index contributed by atoms with van der Waals surface area (Å²) in [6.07, 6.45) is 3.70. The van der Waals surface area contributed by atoms with E-state index in [4.69, 9.17) is 0 Å². The fourth-order valence-corrected chi connectivity index (χ4v) is 4.58. The van der Waals surface area contributed by atoms with Crippen molar-refractivity contribution in [2.24, 2.45) is 18.9 Å². The Balaban J connectivity index is 1.43. The molecule has 0 N–H and O–H groups in total. The molecule has 2 aliphatic heterocycles. The Labute approximate surface area is 134 Å². The number of hydrogen-bond acceptors (Lipinski definition) is 4. The Morgan fingerprint density at radius 3 is 2.82 bits per heavy atom. The molecular weight excluding hydrogens is 296 g/mol. The van der Waals surface area contributed by atoms with Gasteiger partial charge in [-0.25, -0.2) is 0 Å². The van der Waals surface area contributed by atoms with Crippen molar-refractivity contribution in [3.05, 3.63) is 34.3 Å². The normalized spacial score (nSPS) is 25.2. The molecule has 1 amide bonds. The first kappa shape index (κ1) is 14.0. The van der Waals surface area contributed by atoms with Crippen molar-refractivity contribution in [2.45, 2.75) is 13.5 Å². The Bertz CT molecular complexity index is 707. The van der Waals surface area contributed by atoms with Gasteiger partial charge < -0.3 is 4.90 Å². The molecule has 0 radical (unpaired) electrons. The van der Waals surface area contributed by atoms with Crippen LogP contribution in [0, 0.1) is 18.8 Å². The van der Waals surface area contributed by atoms with Gasteiger partial charge in [0.15, 0.2) is 0 Å². The summed E-state index contributed by atoms with van der Waals surface area (Å²) in [7, 11) is 1.88. The number of hydrogen-bond donors (Lipinski definition) is 0. The zero-order chi connectivity index (χ0) is 15.3. The van der Waals surface area contributed by atoms with E-state index in [0.29, 0.717) is 5.92 Å². The van der Waals surface area contributed by atoms with Crippen molar-refractivity contribution >= 4 is 22.9 Å². The van der Waals surface area contributed by atoms with Gasteiger partial charge in [-0.1, -0.05) is 0 Å². The van der Waals surface area contributed by atoms with Crippen LogP contribution >= 0.6 is 11.3 Å². The average molecular weight is 316 g/mol. The highest BCUT2D eigenvalue weighted by molar-refractivity contribution is 7.11. The molecule has 0 bridgehead atoms. The molecule has 0 spiro atoms. The second-order valence-corrected chi connectivity index (χ2v) is 7.77. The molecule has 2 atom stereocenters. The Kier molecular flexibility index (Phi) is 3.31. The summed E-state index contributed by atoms with van der Waals surface area (Å²) in [5, 5.41) is 4.18. The lowest BCUT2D eigenvalue weighted by Crippen LogP contribution is -2.32. The quantitative estimate of drug-likeness (QED) is 0.868. The Hall–Kier alpha value is -1.66. The molecule has 2 fully saturated rings. The van der Waals surface area contributed by atoms with E-state index >= 15 is 0 Å². The largest absolute Gasteiger partial charge is 0.309 e. The summed E-state index contributed by atoms with van der Waals surface area (Å²) in [6, 6.07) is 4.38. The first-order valence-electron chi connectivity index (χ1n) is 7.68. The maximum atomic E-state index is 12.7. The molecule has 22 heavy (non-hydrogen) atoms. The third-order valence-corrected chi connectivity index (χ3v) is 5.68. The second-order valence-electron chi connectivity index (χ2n) is 6.39. The van der Waals surface area contributed by atoms with Gasteiger partial charge in [-0.05, 0) is 19.1 Å². The van der Waals surface area contributed by atoms with Crippen molar-refractivity contribution in [3.63, 3.8) is 0 Å². The smallest absolute Gasteiger partial charge is 0.231 e. The number of nitrogens with zero attached hydrogens (tertiary/aromatic N) is 4. The van der Waals surface area contributed by atoms with E-state index in [1.807, 2.05) is 29.5 Å². The van der Waals surface area contributed by atoms with E-state index < -0.39 is 0 Å². The molecule has 2 aromatic rings. The molecule has 4 heterocycles. The van der Waals surface area contributed by atoms with Gasteiger partial charge >= 0.3 is 0 Å². The van der Waals surface area contributed by atoms with Crippen LogP contribution in [0.2, 0.25) is 0 Å². The van der Waals surface area contributed by atoms with Crippen molar-refractivity contribution in [3.8, 4) is 0 Å². The monoisotopic (exact) mass is 316 g/mol. The van der Waals surface area contributed by atoms with Crippen LogP contribution in [0.25, 0.3) is 0 Å². The first-order valence-corrected chi connectivity index (χ1v) is 8.49. The van der Waals surface area contributed by atoms with E-state index in [0.717, 1.165) is 31.9 Å².